The zero-order chi connectivity index (χ0) is 20.8. The predicted octanol–water partition coefficient (Wildman–Crippen LogP) is 4.34. The summed E-state index contributed by atoms with van der Waals surface area (Å²) >= 11 is 1.36. The summed E-state index contributed by atoms with van der Waals surface area (Å²) in [4.78, 5) is 32.3. The van der Waals surface area contributed by atoms with Crippen LogP contribution < -0.4 is 5.56 Å². The van der Waals surface area contributed by atoms with Crippen LogP contribution in [0, 0.1) is 0 Å². The zero-order valence-corrected chi connectivity index (χ0v) is 18.0. The molecule has 0 aliphatic rings. The van der Waals surface area contributed by atoms with Gasteiger partial charge in [-0.1, -0.05) is 67.6 Å². The third kappa shape index (κ3) is 5.07. The molecule has 3 aromatic rings. The molecule has 152 valence electrons. The maximum atomic E-state index is 13.0. The van der Waals surface area contributed by atoms with Crippen molar-refractivity contribution < 1.29 is 4.79 Å². The van der Waals surface area contributed by atoms with E-state index in [4.69, 9.17) is 4.98 Å². The minimum Gasteiger partial charge on any atom is -0.340 e. The van der Waals surface area contributed by atoms with Gasteiger partial charge >= 0.3 is 0 Å². The van der Waals surface area contributed by atoms with E-state index in [1.165, 1.54) is 11.8 Å². The molecule has 1 amide bonds. The number of para-hydroxylation sites is 1. The number of hydrogen-bond donors (Lipinski definition) is 0. The van der Waals surface area contributed by atoms with E-state index in [0.29, 0.717) is 29.1 Å². The van der Waals surface area contributed by atoms with Gasteiger partial charge in [-0.05, 0) is 31.0 Å². The van der Waals surface area contributed by atoms with E-state index < -0.39 is 0 Å². The van der Waals surface area contributed by atoms with Crippen molar-refractivity contribution in [3.63, 3.8) is 0 Å². The highest BCUT2D eigenvalue weighted by Crippen LogP contribution is 2.24. The monoisotopic (exact) mass is 409 g/mol. The summed E-state index contributed by atoms with van der Waals surface area (Å²) in [6, 6.07) is 17.3. The van der Waals surface area contributed by atoms with Gasteiger partial charge in [0.2, 0.25) is 5.91 Å². The minimum atomic E-state index is -0.343. The molecule has 1 aromatic heterocycles. The van der Waals surface area contributed by atoms with Crippen LogP contribution in [0.1, 0.15) is 32.3 Å². The highest BCUT2D eigenvalue weighted by molar-refractivity contribution is 8.00. The molecule has 1 atom stereocenters. The first-order valence-electron chi connectivity index (χ1n) is 9.96. The van der Waals surface area contributed by atoms with Crippen LogP contribution in [0.15, 0.2) is 64.5 Å². The molecule has 0 aliphatic carbocycles. The van der Waals surface area contributed by atoms with Gasteiger partial charge < -0.3 is 4.90 Å². The Bertz CT molecular complexity index is 1030. The molecule has 0 bridgehead atoms. The minimum absolute atomic E-state index is 0.0169. The Morgan fingerprint density at radius 3 is 2.55 bits per heavy atom. The van der Waals surface area contributed by atoms with Gasteiger partial charge in [0.15, 0.2) is 5.16 Å². The lowest BCUT2D eigenvalue weighted by atomic mass is 10.2. The van der Waals surface area contributed by atoms with E-state index in [0.717, 1.165) is 18.4 Å². The molecule has 0 fully saturated rings. The van der Waals surface area contributed by atoms with E-state index in [2.05, 4.69) is 6.92 Å². The molecule has 3 rings (SSSR count). The second-order valence-corrected chi connectivity index (χ2v) is 8.47. The number of aromatic nitrogens is 2. The van der Waals surface area contributed by atoms with E-state index in [9.17, 15) is 9.59 Å². The van der Waals surface area contributed by atoms with Crippen molar-refractivity contribution in [2.24, 2.45) is 0 Å². The average Bonchev–Trinajstić information content (AvgIpc) is 2.73. The SMILES string of the molecule is CCCCn1c(S[C@@H](C)C(=O)N(C)Cc2ccccc2)nc2ccccc2c1=O. The van der Waals surface area contributed by atoms with Crippen LogP contribution in [0.4, 0.5) is 0 Å². The number of carbonyl (C=O) groups excluding carboxylic acids is 1. The molecule has 0 saturated carbocycles. The van der Waals surface area contributed by atoms with Gasteiger partial charge in [-0.2, -0.15) is 0 Å². The number of unbranched alkanes of at least 4 members (excludes halogenated alkanes) is 1. The average molecular weight is 410 g/mol. The number of nitrogens with zero attached hydrogens (tertiary/aromatic N) is 3. The molecule has 0 aliphatic heterocycles. The predicted molar refractivity (Wildman–Crippen MR) is 119 cm³/mol. The van der Waals surface area contributed by atoms with Gasteiger partial charge in [-0.3, -0.25) is 14.2 Å². The normalized spacial score (nSPS) is 12.1. The summed E-state index contributed by atoms with van der Waals surface area (Å²) in [6.07, 6.45) is 1.88. The van der Waals surface area contributed by atoms with Gasteiger partial charge in [0.05, 0.1) is 16.2 Å². The smallest absolute Gasteiger partial charge is 0.262 e. The number of amides is 1. The van der Waals surface area contributed by atoms with Gasteiger partial charge in [-0.15, -0.1) is 0 Å². The largest absolute Gasteiger partial charge is 0.340 e. The first-order valence-corrected chi connectivity index (χ1v) is 10.8. The van der Waals surface area contributed by atoms with E-state index in [1.54, 1.807) is 9.47 Å². The summed E-state index contributed by atoms with van der Waals surface area (Å²) in [6.45, 7) is 5.13. The maximum Gasteiger partial charge on any atom is 0.262 e. The van der Waals surface area contributed by atoms with Crippen molar-refractivity contribution in [3.05, 3.63) is 70.5 Å². The Labute approximate surface area is 175 Å². The van der Waals surface area contributed by atoms with Crippen molar-refractivity contribution >= 4 is 28.6 Å². The Hall–Kier alpha value is -2.60. The van der Waals surface area contributed by atoms with Gasteiger partial charge in [0, 0.05) is 20.1 Å². The molecule has 29 heavy (non-hydrogen) atoms. The van der Waals surface area contributed by atoms with Crippen LogP contribution in [0.2, 0.25) is 0 Å². The van der Waals surface area contributed by atoms with Crippen molar-refractivity contribution in [1.82, 2.24) is 14.5 Å². The van der Waals surface area contributed by atoms with E-state index >= 15 is 0 Å². The van der Waals surface area contributed by atoms with Crippen LogP contribution in [0.5, 0.6) is 0 Å². The molecule has 0 unspecified atom stereocenters. The first kappa shape index (κ1) is 21.1. The lowest BCUT2D eigenvalue weighted by Crippen LogP contribution is -2.33. The van der Waals surface area contributed by atoms with Crippen LogP contribution in [0.3, 0.4) is 0 Å². The standard InChI is InChI=1S/C23H27N3O2S/c1-4-5-15-26-22(28)19-13-9-10-14-20(19)24-23(26)29-17(2)21(27)25(3)16-18-11-7-6-8-12-18/h6-14,17H,4-5,15-16H2,1-3H3/t17-/m0/s1. The molecule has 6 heteroatoms. The fourth-order valence-corrected chi connectivity index (χ4v) is 4.25. The quantitative estimate of drug-likeness (QED) is 0.410. The highest BCUT2D eigenvalue weighted by atomic mass is 32.2. The molecular formula is C23H27N3O2S. The first-order chi connectivity index (χ1) is 14.0. The van der Waals surface area contributed by atoms with Gasteiger partial charge in [0.25, 0.3) is 5.56 Å². The molecular weight excluding hydrogens is 382 g/mol. The van der Waals surface area contributed by atoms with Gasteiger partial charge in [0.1, 0.15) is 0 Å². The molecule has 1 heterocycles. The zero-order valence-electron chi connectivity index (χ0n) is 17.2. The van der Waals surface area contributed by atoms with E-state index in [1.807, 2.05) is 68.6 Å². The third-order valence-electron chi connectivity index (χ3n) is 4.83. The van der Waals surface area contributed by atoms with Gasteiger partial charge in [-0.25, -0.2) is 4.98 Å². The van der Waals surface area contributed by atoms with Crippen molar-refractivity contribution in [3.8, 4) is 0 Å². The second kappa shape index (κ2) is 9.74. The summed E-state index contributed by atoms with van der Waals surface area (Å²) in [5.41, 5.74) is 1.72. The number of benzene rings is 2. The number of carbonyl (C=O) groups is 1. The van der Waals surface area contributed by atoms with E-state index in [-0.39, 0.29) is 16.7 Å². The summed E-state index contributed by atoms with van der Waals surface area (Å²) in [5, 5.41) is 0.883. The molecule has 0 saturated heterocycles. The third-order valence-corrected chi connectivity index (χ3v) is 5.91. The molecule has 5 nitrogen and oxygen atoms in total. The topological polar surface area (TPSA) is 55.2 Å². The molecule has 2 aromatic carbocycles. The number of fused-ring (bicyclic) bond motifs is 1. The van der Waals surface area contributed by atoms with Crippen LogP contribution in [-0.2, 0) is 17.9 Å². The van der Waals surface area contributed by atoms with Crippen molar-refractivity contribution in [2.75, 3.05) is 7.05 Å². The Balaban J connectivity index is 1.83. The lowest BCUT2D eigenvalue weighted by molar-refractivity contribution is -0.129. The Morgan fingerprint density at radius 2 is 1.83 bits per heavy atom. The highest BCUT2D eigenvalue weighted by Gasteiger charge is 2.22. The molecule has 0 radical (unpaired) electrons. The van der Waals surface area contributed by atoms with Crippen molar-refractivity contribution in [2.45, 2.75) is 50.2 Å². The molecule has 0 spiro atoms. The van der Waals surface area contributed by atoms with Crippen LogP contribution in [-0.4, -0.2) is 32.7 Å². The Kier molecular flexibility index (Phi) is 7.09. The number of hydrogen-bond acceptors (Lipinski definition) is 4. The number of rotatable bonds is 8. The second-order valence-electron chi connectivity index (χ2n) is 7.16. The van der Waals surface area contributed by atoms with Crippen LogP contribution >= 0.6 is 11.8 Å². The van der Waals surface area contributed by atoms with Crippen molar-refractivity contribution in [1.29, 1.82) is 0 Å². The fourth-order valence-electron chi connectivity index (χ4n) is 3.21. The fraction of sp³-hybridized carbons (Fsp3) is 0.348. The lowest BCUT2D eigenvalue weighted by Gasteiger charge is -2.22. The molecule has 0 N–H and O–H groups in total. The Morgan fingerprint density at radius 1 is 1.14 bits per heavy atom. The maximum absolute atomic E-state index is 13.0. The van der Waals surface area contributed by atoms with Crippen LogP contribution in [0.25, 0.3) is 10.9 Å². The summed E-state index contributed by atoms with van der Waals surface area (Å²) in [5.74, 6) is 0.0169. The number of thioether (sulfide) groups is 1. The summed E-state index contributed by atoms with van der Waals surface area (Å²) in [7, 11) is 1.81. The summed E-state index contributed by atoms with van der Waals surface area (Å²) < 4.78 is 1.72.